The third-order valence-electron chi connectivity index (χ3n) is 2.91. The molecule has 2 heteroatoms. The predicted molar refractivity (Wildman–Crippen MR) is 75.7 cm³/mol. The van der Waals surface area contributed by atoms with Crippen LogP contribution in [0.25, 0.3) is 10.8 Å². The molecular weight excluding hydrogens is 227 g/mol. The topological polar surface area (TPSA) is 17.1 Å². The van der Waals surface area contributed by atoms with Gasteiger partial charge in [-0.05, 0) is 39.1 Å². The van der Waals surface area contributed by atoms with E-state index in [1.807, 2.05) is 39.8 Å². The summed E-state index contributed by atoms with van der Waals surface area (Å²) >= 11 is 0. The van der Waals surface area contributed by atoms with Gasteiger partial charge in [0.05, 0.1) is 0 Å². The van der Waals surface area contributed by atoms with Crippen molar-refractivity contribution in [2.45, 2.75) is 32.9 Å². The zero-order chi connectivity index (χ0) is 12.6. The third-order valence-corrected chi connectivity index (χ3v) is 5.13. The van der Waals surface area contributed by atoms with Gasteiger partial charge in [0.2, 0.25) is 5.30 Å². The summed E-state index contributed by atoms with van der Waals surface area (Å²) in [6, 6.07) is 12.3. The van der Waals surface area contributed by atoms with Gasteiger partial charge in [-0.15, -0.1) is 0 Å². The van der Waals surface area contributed by atoms with Gasteiger partial charge in [0.15, 0.2) is 5.16 Å². The predicted octanol–water partition coefficient (Wildman–Crippen LogP) is 4.40. The fourth-order valence-corrected chi connectivity index (χ4v) is 3.46. The van der Waals surface area contributed by atoms with Crippen LogP contribution in [-0.2, 0) is 4.57 Å². The molecule has 0 aliphatic heterocycles. The van der Waals surface area contributed by atoms with Crippen molar-refractivity contribution in [3.8, 4) is 0 Å². The van der Waals surface area contributed by atoms with E-state index >= 15 is 0 Å². The zero-order valence-corrected chi connectivity index (χ0v) is 11.7. The Kier molecular flexibility index (Phi) is 3.05. The largest absolute Gasteiger partial charge is 0.383 e. The molecule has 2 rings (SSSR count). The third kappa shape index (κ3) is 2.25. The Morgan fingerprint density at radius 3 is 2.29 bits per heavy atom. The summed E-state index contributed by atoms with van der Waals surface area (Å²) in [6.07, 6.45) is 0. The lowest BCUT2D eigenvalue weighted by atomic mass is 10.1. The molecule has 0 fully saturated rings. The van der Waals surface area contributed by atoms with Gasteiger partial charge in [0, 0.05) is 10.9 Å². The van der Waals surface area contributed by atoms with Crippen LogP contribution in [0.2, 0.25) is 0 Å². The minimum Gasteiger partial charge on any atom is -0.0674 e. The molecule has 0 aliphatic carbocycles. The Morgan fingerprint density at radius 2 is 1.65 bits per heavy atom. The molecule has 0 heterocycles. The van der Waals surface area contributed by atoms with Gasteiger partial charge in [-0.2, -0.15) is 0 Å². The first-order valence-electron chi connectivity index (χ1n) is 5.87. The lowest BCUT2D eigenvalue weighted by Gasteiger charge is -2.09. The molecule has 1 unspecified atom stereocenters. The van der Waals surface area contributed by atoms with Gasteiger partial charge < -0.3 is 0 Å². The van der Waals surface area contributed by atoms with Gasteiger partial charge in [0.25, 0.3) is 0 Å². The lowest BCUT2D eigenvalue weighted by molar-refractivity contribution is 0.572. The van der Waals surface area contributed by atoms with Crippen LogP contribution in [-0.4, -0.2) is 5.16 Å². The van der Waals surface area contributed by atoms with Crippen LogP contribution < -0.4 is 5.30 Å². The van der Waals surface area contributed by atoms with Gasteiger partial charge >= 0.3 is 7.80 Å². The van der Waals surface area contributed by atoms with Gasteiger partial charge in [0.1, 0.15) is 0 Å². The standard InChI is InChI=1S/C15H18OP/c1-11-9-10-12-7-5-6-8-13(12)14(11)17(16)15(2,3)4/h5-10H,1-4H3/q+1. The first kappa shape index (κ1) is 12.3. The average Bonchev–Trinajstić information content (AvgIpc) is 2.27. The second-order valence-electron chi connectivity index (χ2n) is 5.42. The van der Waals surface area contributed by atoms with Crippen LogP contribution in [0.3, 0.4) is 0 Å². The number of benzene rings is 2. The summed E-state index contributed by atoms with van der Waals surface area (Å²) in [5.74, 6) is 0. The van der Waals surface area contributed by atoms with E-state index in [2.05, 4.69) is 24.3 Å². The second-order valence-corrected chi connectivity index (χ2v) is 7.80. The van der Waals surface area contributed by atoms with Crippen molar-refractivity contribution in [1.29, 1.82) is 0 Å². The van der Waals surface area contributed by atoms with E-state index in [-0.39, 0.29) is 5.16 Å². The molecule has 0 bridgehead atoms. The first-order chi connectivity index (χ1) is 7.91. The van der Waals surface area contributed by atoms with Crippen molar-refractivity contribution in [1.82, 2.24) is 0 Å². The monoisotopic (exact) mass is 245 g/mol. The minimum atomic E-state index is -1.39. The Hall–Kier alpha value is -1.20. The van der Waals surface area contributed by atoms with Crippen molar-refractivity contribution in [2.24, 2.45) is 0 Å². The number of fused-ring (bicyclic) bond motifs is 1. The summed E-state index contributed by atoms with van der Waals surface area (Å²) in [6.45, 7) is 8.15. The smallest absolute Gasteiger partial charge is 0.0674 e. The summed E-state index contributed by atoms with van der Waals surface area (Å²) < 4.78 is 12.6. The second kappa shape index (κ2) is 4.23. The van der Waals surface area contributed by atoms with Crippen molar-refractivity contribution in [3.05, 3.63) is 42.0 Å². The van der Waals surface area contributed by atoms with Crippen molar-refractivity contribution < 1.29 is 4.57 Å². The zero-order valence-electron chi connectivity index (χ0n) is 10.8. The number of rotatable bonds is 1. The van der Waals surface area contributed by atoms with Gasteiger partial charge in [-0.1, -0.05) is 34.9 Å². The van der Waals surface area contributed by atoms with Gasteiger partial charge in [-0.25, -0.2) is 0 Å². The molecule has 0 N–H and O–H groups in total. The molecule has 1 nitrogen and oxygen atoms in total. The number of hydrogen-bond acceptors (Lipinski definition) is 1. The van der Waals surface area contributed by atoms with E-state index < -0.39 is 7.80 Å². The molecule has 0 spiro atoms. The van der Waals surface area contributed by atoms with E-state index in [1.54, 1.807) is 0 Å². The van der Waals surface area contributed by atoms with E-state index in [0.717, 1.165) is 16.3 Å². The molecule has 88 valence electrons. The molecule has 0 aliphatic rings. The Bertz CT molecular complexity index is 579. The minimum absolute atomic E-state index is 0.190. The molecule has 17 heavy (non-hydrogen) atoms. The highest BCUT2D eigenvalue weighted by molar-refractivity contribution is 7.55. The van der Waals surface area contributed by atoms with E-state index in [0.29, 0.717) is 0 Å². The molecule has 2 aromatic rings. The molecule has 0 saturated heterocycles. The number of hydrogen-bond donors (Lipinski definition) is 0. The molecule has 0 radical (unpaired) electrons. The Balaban J connectivity index is 2.76. The molecule has 1 atom stereocenters. The molecule has 2 aromatic carbocycles. The molecule has 0 aromatic heterocycles. The van der Waals surface area contributed by atoms with Crippen LogP contribution in [0.4, 0.5) is 0 Å². The number of aryl methyl sites for hydroxylation is 1. The van der Waals surface area contributed by atoms with Crippen LogP contribution in [0.1, 0.15) is 26.3 Å². The maximum atomic E-state index is 12.6. The van der Waals surface area contributed by atoms with Crippen LogP contribution in [0, 0.1) is 6.92 Å². The van der Waals surface area contributed by atoms with Crippen LogP contribution >= 0.6 is 7.80 Å². The first-order valence-corrected chi connectivity index (χ1v) is 7.13. The fraction of sp³-hybridized carbons (Fsp3) is 0.333. The summed E-state index contributed by atoms with van der Waals surface area (Å²) in [5.41, 5.74) is 1.12. The maximum absolute atomic E-state index is 12.6. The van der Waals surface area contributed by atoms with Crippen LogP contribution in [0.15, 0.2) is 36.4 Å². The van der Waals surface area contributed by atoms with Crippen molar-refractivity contribution >= 4 is 23.9 Å². The lowest BCUT2D eigenvalue weighted by Crippen LogP contribution is -2.17. The summed E-state index contributed by atoms with van der Waals surface area (Å²) in [7, 11) is -1.39. The Morgan fingerprint density at radius 1 is 1.00 bits per heavy atom. The summed E-state index contributed by atoms with van der Waals surface area (Å²) in [4.78, 5) is 0. The van der Waals surface area contributed by atoms with E-state index in [4.69, 9.17) is 0 Å². The molecule has 0 saturated carbocycles. The van der Waals surface area contributed by atoms with Crippen LogP contribution in [0.5, 0.6) is 0 Å². The van der Waals surface area contributed by atoms with Gasteiger partial charge in [-0.3, -0.25) is 0 Å². The average molecular weight is 245 g/mol. The quantitative estimate of drug-likeness (QED) is 0.680. The highest BCUT2D eigenvalue weighted by Crippen LogP contribution is 2.40. The molecular formula is C15H18OP+. The SMILES string of the molecule is Cc1ccc2ccccc2c1[P+](=O)C(C)(C)C. The summed E-state index contributed by atoms with van der Waals surface area (Å²) in [5, 5.41) is 3.12. The molecule has 0 amide bonds. The maximum Gasteiger partial charge on any atom is 0.383 e. The normalized spacial score (nSPS) is 12.8. The highest BCUT2D eigenvalue weighted by Gasteiger charge is 2.38. The Labute approximate surface area is 104 Å². The van der Waals surface area contributed by atoms with Crippen molar-refractivity contribution in [3.63, 3.8) is 0 Å². The van der Waals surface area contributed by atoms with E-state index in [9.17, 15) is 4.57 Å². The van der Waals surface area contributed by atoms with Crippen molar-refractivity contribution in [2.75, 3.05) is 0 Å². The fourth-order valence-electron chi connectivity index (χ4n) is 1.97. The highest BCUT2D eigenvalue weighted by atomic mass is 31.1. The van der Waals surface area contributed by atoms with E-state index in [1.165, 1.54) is 5.39 Å².